The number of anilines is 2. The van der Waals surface area contributed by atoms with Crippen LogP contribution < -0.4 is 9.21 Å². The molecule has 204 valence electrons. The van der Waals surface area contributed by atoms with Crippen molar-refractivity contribution in [1.29, 1.82) is 0 Å². The molecule has 0 spiro atoms. The molecule has 1 aliphatic rings. The van der Waals surface area contributed by atoms with Gasteiger partial charge in [-0.1, -0.05) is 18.2 Å². The molecule has 0 aliphatic carbocycles. The van der Waals surface area contributed by atoms with Gasteiger partial charge in [-0.05, 0) is 12.1 Å². The molecular formula is C20H21F6N5O5S. The van der Waals surface area contributed by atoms with Crippen LogP contribution in [0.15, 0.2) is 42.7 Å². The van der Waals surface area contributed by atoms with E-state index in [0.29, 0.717) is 0 Å². The Labute approximate surface area is 207 Å². The fourth-order valence-corrected chi connectivity index (χ4v) is 4.16. The average molecular weight is 557 g/mol. The zero-order valence-electron chi connectivity index (χ0n) is 19.1. The number of sulfonamides is 1. The maximum atomic E-state index is 13.0. The van der Waals surface area contributed by atoms with Gasteiger partial charge in [0.05, 0.1) is 11.9 Å². The summed E-state index contributed by atoms with van der Waals surface area (Å²) >= 11 is 0. The lowest BCUT2D eigenvalue weighted by molar-refractivity contribution is -0.376. The molecule has 1 aromatic carbocycles. The van der Waals surface area contributed by atoms with Crippen LogP contribution in [0.5, 0.6) is 0 Å². The van der Waals surface area contributed by atoms with Gasteiger partial charge >= 0.3 is 18.4 Å². The van der Waals surface area contributed by atoms with Gasteiger partial charge in [-0.25, -0.2) is 27.5 Å². The monoisotopic (exact) mass is 557 g/mol. The van der Waals surface area contributed by atoms with Gasteiger partial charge in [0, 0.05) is 44.1 Å². The van der Waals surface area contributed by atoms with Crippen LogP contribution >= 0.6 is 0 Å². The predicted molar refractivity (Wildman–Crippen MR) is 117 cm³/mol. The highest BCUT2D eigenvalue weighted by molar-refractivity contribution is 7.92. The lowest BCUT2D eigenvalue weighted by Gasteiger charge is -2.35. The summed E-state index contributed by atoms with van der Waals surface area (Å²) < 4.78 is 108. The number of carbonyl (C=O) groups excluding carboxylic acids is 1. The Kier molecular flexibility index (Phi) is 7.78. The third kappa shape index (κ3) is 5.98. The molecule has 0 radical (unpaired) electrons. The van der Waals surface area contributed by atoms with Gasteiger partial charge in [0.25, 0.3) is 5.60 Å². The lowest BCUT2D eigenvalue weighted by Crippen LogP contribution is -2.54. The molecule has 17 heteroatoms. The van der Waals surface area contributed by atoms with Crippen molar-refractivity contribution in [2.24, 2.45) is 0 Å². The molecule has 10 nitrogen and oxygen atoms in total. The minimum Gasteiger partial charge on any atom is -0.427 e. The van der Waals surface area contributed by atoms with E-state index >= 15 is 0 Å². The molecule has 2 aromatic rings. The summed E-state index contributed by atoms with van der Waals surface area (Å²) in [7, 11) is -3.77. The second-order valence-electron chi connectivity index (χ2n) is 7.94. The van der Waals surface area contributed by atoms with Gasteiger partial charge in [-0.15, -0.1) is 0 Å². The molecule has 3 rings (SSSR count). The summed E-state index contributed by atoms with van der Waals surface area (Å²) in [6, 6.07) is 7.93. The SMILES string of the molecule is CS(=O)(=O)N(COC(=O)N1CCN(c2ncc(C(O)(C(F)(F)F)C(F)(F)F)cn2)CC1)c1ccccc1. The van der Waals surface area contributed by atoms with Gasteiger partial charge < -0.3 is 19.6 Å². The van der Waals surface area contributed by atoms with Gasteiger partial charge in [0.1, 0.15) is 0 Å². The van der Waals surface area contributed by atoms with Crippen LogP contribution in [-0.2, 0) is 20.4 Å². The molecule has 2 heterocycles. The first-order valence-electron chi connectivity index (χ1n) is 10.4. The first-order valence-corrected chi connectivity index (χ1v) is 12.3. The molecule has 1 aromatic heterocycles. The van der Waals surface area contributed by atoms with E-state index in [1.807, 2.05) is 0 Å². The van der Waals surface area contributed by atoms with Crippen molar-refractivity contribution in [3.63, 3.8) is 0 Å². The average Bonchev–Trinajstić information content (AvgIpc) is 2.82. The molecule has 0 unspecified atom stereocenters. The topological polar surface area (TPSA) is 116 Å². The Morgan fingerprint density at radius 1 is 1.00 bits per heavy atom. The van der Waals surface area contributed by atoms with E-state index in [1.54, 1.807) is 18.2 Å². The maximum absolute atomic E-state index is 13.0. The number of ether oxygens (including phenoxy) is 1. The Hall–Kier alpha value is -3.34. The zero-order chi connectivity index (χ0) is 27.6. The second-order valence-corrected chi connectivity index (χ2v) is 9.84. The number of hydrogen-bond acceptors (Lipinski definition) is 8. The zero-order valence-corrected chi connectivity index (χ0v) is 19.9. The first kappa shape index (κ1) is 28.2. The molecule has 0 atom stereocenters. The Morgan fingerprint density at radius 2 is 1.51 bits per heavy atom. The molecule has 1 amide bonds. The van der Waals surface area contributed by atoms with Crippen molar-refractivity contribution in [1.82, 2.24) is 14.9 Å². The number of carbonyl (C=O) groups is 1. The summed E-state index contributed by atoms with van der Waals surface area (Å²) in [5, 5.41) is 9.42. The summed E-state index contributed by atoms with van der Waals surface area (Å²) in [4.78, 5) is 22.1. The fourth-order valence-electron chi connectivity index (χ4n) is 3.41. The van der Waals surface area contributed by atoms with E-state index in [2.05, 4.69) is 9.97 Å². The Morgan fingerprint density at radius 3 is 1.97 bits per heavy atom. The van der Waals surface area contributed by atoms with Crippen LogP contribution in [0.1, 0.15) is 5.56 Å². The predicted octanol–water partition coefficient (Wildman–Crippen LogP) is 2.47. The second kappa shape index (κ2) is 10.2. The molecule has 0 saturated carbocycles. The quantitative estimate of drug-likeness (QED) is 0.426. The van der Waals surface area contributed by atoms with Gasteiger partial charge in [0.2, 0.25) is 16.0 Å². The number of aliphatic hydroxyl groups is 1. The van der Waals surface area contributed by atoms with Gasteiger partial charge in [0.15, 0.2) is 6.73 Å². The summed E-state index contributed by atoms with van der Waals surface area (Å²) in [6.07, 6.45) is -11.5. The van der Waals surface area contributed by atoms with E-state index in [9.17, 15) is 44.7 Å². The highest BCUT2D eigenvalue weighted by Crippen LogP contribution is 2.49. The normalized spacial score (nSPS) is 15.5. The van der Waals surface area contributed by atoms with Crippen LogP contribution in [-0.4, -0.2) is 86.0 Å². The van der Waals surface area contributed by atoms with Crippen molar-refractivity contribution in [2.45, 2.75) is 18.0 Å². The Balaban J connectivity index is 1.62. The van der Waals surface area contributed by atoms with E-state index in [0.717, 1.165) is 10.6 Å². The summed E-state index contributed by atoms with van der Waals surface area (Å²) in [5.74, 6) is -0.212. The number of nitrogens with zero attached hydrogens (tertiary/aromatic N) is 5. The molecule has 0 bridgehead atoms. The van der Waals surface area contributed by atoms with E-state index in [-0.39, 0.29) is 50.2 Å². The van der Waals surface area contributed by atoms with E-state index < -0.39 is 46.4 Å². The third-order valence-corrected chi connectivity index (χ3v) is 6.56. The van der Waals surface area contributed by atoms with Crippen molar-refractivity contribution in [3.05, 3.63) is 48.3 Å². The highest BCUT2D eigenvalue weighted by atomic mass is 32.2. The number of alkyl halides is 6. The highest BCUT2D eigenvalue weighted by Gasteiger charge is 2.71. The van der Waals surface area contributed by atoms with Crippen molar-refractivity contribution in [2.75, 3.05) is 48.4 Å². The van der Waals surface area contributed by atoms with Crippen molar-refractivity contribution < 1.29 is 49.4 Å². The number of para-hydroxylation sites is 1. The number of rotatable bonds is 6. The minimum atomic E-state index is -6.06. The summed E-state index contributed by atoms with van der Waals surface area (Å²) in [6.45, 7) is -0.461. The van der Waals surface area contributed by atoms with Crippen LogP contribution in [0, 0.1) is 0 Å². The van der Waals surface area contributed by atoms with Crippen LogP contribution in [0.25, 0.3) is 0 Å². The first-order chi connectivity index (χ1) is 17.1. The van der Waals surface area contributed by atoms with E-state index in [1.165, 1.54) is 21.9 Å². The van der Waals surface area contributed by atoms with Crippen molar-refractivity contribution in [3.8, 4) is 0 Å². The number of amides is 1. The fraction of sp³-hybridized carbons (Fsp3) is 0.450. The summed E-state index contributed by atoms with van der Waals surface area (Å²) in [5.41, 5.74) is -6.45. The van der Waals surface area contributed by atoms with Crippen LogP contribution in [0.3, 0.4) is 0 Å². The van der Waals surface area contributed by atoms with Crippen LogP contribution in [0.4, 0.5) is 42.8 Å². The molecule has 1 saturated heterocycles. The molecule has 1 N–H and O–H groups in total. The number of benzene rings is 1. The molecule has 1 aliphatic heterocycles. The number of halogens is 6. The number of aromatic nitrogens is 2. The standard InChI is InChI=1S/C20H21F6N5O5S/c1-37(34,35)31(15-5-3-2-4-6-15)13-36-17(32)30-9-7-29(8-10-30)16-27-11-14(12-28-16)18(33,19(21,22)23)20(24,25)26/h2-6,11-12,33H,7-10,13H2,1H3. The lowest BCUT2D eigenvalue weighted by atomic mass is 9.95. The Bertz CT molecular complexity index is 1170. The van der Waals surface area contributed by atoms with E-state index in [4.69, 9.17) is 4.74 Å². The van der Waals surface area contributed by atoms with Gasteiger partial charge in [-0.2, -0.15) is 26.3 Å². The van der Waals surface area contributed by atoms with Crippen LogP contribution in [0.2, 0.25) is 0 Å². The smallest absolute Gasteiger partial charge is 0.427 e. The van der Waals surface area contributed by atoms with Gasteiger partial charge in [-0.3, -0.25) is 0 Å². The minimum absolute atomic E-state index is 0.0171. The molecular weight excluding hydrogens is 536 g/mol. The molecule has 37 heavy (non-hydrogen) atoms. The largest absolute Gasteiger partial charge is 0.430 e. The van der Waals surface area contributed by atoms with Crippen molar-refractivity contribution >= 4 is 27.8 Å². The maximum Gasteiger partial charge on any atom is 0.430 e. The number of piperazine rings is 1. The third-order valence-electron chi connectivity index (χ3n) is 5.45. The number of hydrogen-bond donors (Lipinski definition) is 1. The molecule has 1 fully saturated rings.